The van der Waals surface area contributed by atoms with Gasteiger partial charge in [-0.2, -0.15) is 5.10 Å². The summed E-state index contributed by atoms with van der Waals surface area (Å²) in [4.78, 5) is 10.5. The number of rotatable bonds is 4. The Hall–Kier alpha value is -1.36. The second kappa shape index (κ2) is 4.04. The van der Waals surface area contributed by atoms with E-state index < -0.39 is 12.0 Å². The van der Waals surface area contributed by atoms with Crippen LogP contribution in [0, 0.1) is 0 Å². The molecule has 1 aromatic heterocycles. The van der Waals surface area contributed by atoms with Crippen LogP contribution in [0.4, 0.5) is 0 Å². The van der Waals surface area contributed by atoms with Gasteiger partial charge in [-0.05, 0) is 13.0 Å². The highest BCUT2D eigenvalue weighted by Gasteiger charge is 2.14. The van der Waals surface area contributed by atoms with Crippen LogP contribution in [0.15, 0.2) is 12.3 Å². The monoisotopic (exact) mass is 183 g/mol. The molecule has 0 aliphatic rings. The van der Waals surface area contributed by atoms with E-state index in [1.54, 1.807) is 16.9 Å². The lowest BCUT2D eigenvalue weighted by Crippen LogP contribution is -2.33. The Bertz CT molecular complexity index is 295. The first-order chi connectivity index (χ1) is 6.15. The van der Waals surface area contributed by atoms with Crippen LogP contribution in [0.2, 0.25) is 0 Å². The fourth-order valence-electron chi connectivity index (χ4n) is 1.13. The molecule has 1 rings (SSSR count). The summed E-state index contributed by atoms with van der Waals surface area (Å²) in [5, 5.41) is 12.6. The van der Waals surface area contributed by atoms with Gasteiger partial charge in [0.15, 0.2) is 0 Å². The first-order valence-corrected chi connectivity index (χ1v) is 4.14. The van der Waals surface area contributed by atoms with Crippen molar-refractivity contribution >= 4 is 5.97 Å². The van der Waals surface area contributed by atoms with Crippen molar-refractivity contribution in [3.63, 3.8) is 0 Å². The molecule has 0 fully saturated rings. The molecule has 1 heterocycles. The molecule has 0 amide bonds. The minimum absolute atomic E-state index is 0.323. The number of hydrogen-bond donors (Lipinski definition) is 2. The third kappa shape index (κ3) is 2.29. The zero-order chi connectivity index (χ0) is 9.84. The van der Waals surface area contributed by atoms with E-state index in [1.807, 2.05) is 6.92 Å². The average molecular weight is 183 g/mol. The van der Waals surface area contributed by atoms with Gasteiger partial charge in [-0.25, -0.2) is 0 Å². The van der Waals surface area contributed by atoms with Gasteiger partial charge in [0.2, 0.25) is 0 Å². The van der Waals surface area contributed by atoms with Crippen LogP contribution in [-0.2, 0) is 17.8 Å². The second-order valence-corrected chi connectivity index (χ2v) is 2.79. The first kappa shape index (κ1) is 9.73. The molecule has 0 unspecified atom stereocenters. The van der Waals surface area contributed by atoms with Crippen molar-refractivity contribution < 1.29 is 9.90 Å². The van der Waals surface area contributed by atoms with E-state index in [4.69, 9.17) is 10.8 Å². The van der Waals surface area contributed by atoms with Gasteiger partial charge in [-0.1, -0.05) is 0 Å². The van der Waals surface area contributed by atoms with Crippen LogP contribution in [-0.4, -0.2) is 26.9 Å². The van der Waals surface area contributed by atoms with E-state index in [0.29, 0.717) is 6.42 Å². The van der Waals surface area contributed by atoms with Crippen LogP contribution >= 0.6 is 0 Å². The lowest BCUT2D eigenvalue weighted by atomic mass is 10.2. The van der Waals surface area contributed by atoms with Gasteiger partial charge in [0, 0.05) is 24.9 Å². The van der Waals surface area contributed by atoms with Crippen molar-refractivity contribution in [2.75, 3.05) is 0 Å². The smallest absolute Gasteiger partial charge is 0.320 e. The summed E-state index contributed by atoms with van der Waals surface area (Å²) >= 11 is 0. The molecule has 1 atom stereocenters. The zero-order valence-corrected chi connectivity index (χ0v) is 7.47. The third-order valence-corrected chi connectivity index (χ3v) is 1.85. The Morgan fingerprint density at radius 1 is 1.85 bits per heavy atom. The fraction of sp³-hybridized carbons (Fsp3) is 0.500. The fourth-order valence-corrected chi connectivity index (χ4v) is 1.13. The van der Waals surface area contributed by atoms with Gasteiger partial charge in [0.1, 0.15) is 6.04 Å². The Morgan fingerprint density at radius 2 is 2.54 bits per heavy atom. The maximum absolute atomic E-state index is 10.5. The Morgan fingerprint density at radius 3 is 3.08 bits per heavy atom. The van der Waals surface area contributed by atoms with Crippen molar-refractivity contribution in [3.8, 4) is 0 Å². The maximum atomic E-state index is 10.5. The number of carboxylic acid groups (broad SMARTS) is 1. The molecular weight excluding hydrogens is 170 g/mol. The standard InChI is InChI=1S/C8H13N3O2/c1-2-11-6(3-4-10-11)5-7(9)8(12)13/h3-4,7H,2,5,9H2,1H3,(H,12,13)/t7-/m0/s1. The summed E-state index contributed by atoms with van der Waals surface area (Å²) in [6.07, 6.45) is 1.97. The first-order valence-electron chi connectivity index (χ1n) is 4.14. The summed E-state index contributed by atoms with van der Waals surface area (Å²) in [5.74, 6) is -0.983. The normalized spacial score (nSPS) is 12.8. The summed E-state index contributed by atoms with van der Waals surface area (Å²) in [6.45, 7) is 2.68. The van der Waals surface area contributed by atoms with E-state index in [2.05, 4.69) is 5.10 Å². The number of nitrogens with two attached hydrogens (primary N) is 1. The molecule has 72 valence electrons. The lowest BCUT2D eigenvalue weighted by Gasteiger charge is -2.07. The molecule has 1 aromatic rings. The average Bonchev–Trinajstić information content (AvgIpc) is 2.51. The predicted molar refractivity (Wildman–Crippen MR) is 47.2 cm³/mol. The minimum atomic E-state index is -0.983. The molecule has 0 saturated heterocycles. The van der Waals surface area contributed by atoms with E-state index in [9.17, 15) is 4.79 Å². The summed E-state index contributed by atoms with van der Waals surface area (Å²) in [5.41, 5.74) is 6.25. The van der Waals surface area contributed by atoms with Crippen molar-refractivity contribution in [1.82, 2.24) is 9.78 Å². The zero-order valence-electron chi connectivity index (χ0n) is 7.47. The van der Waals surface area contributed by atoms with E-state index >= 15 is 0 Å². The number of aliphatic carboxylic acids is 1. The largest absolute Gasteiger partial charge is 0.480 e. The van der Waals surface area contributed by atoms with Gasteiger partial charge < -0.3 is 10.8 Å². The number of aromatic nitrogens is 2. The van der Waals surface area contributed by atoms with E-state index in [0.717, 1.165) is 12.2 Å². The van der Waals surface area contributed by atoms with Crippen molar-refractivity contribution in [3.05, 3.63) is 18.0 Å². The Kier molecular flexibility index (Phi) is 3.02. The van der Waals surface area contributed by atoms with E-state index in [-0.39, 0.29) is 0 Å². The molecule has 0 aromatic carbocycles. The van der Waals surface area contributed by atoms with Gasteiger partial charge in [-0.15, -0.1) is 0 Å². The molecule has 0 saturated carbocycles. The highest BCUT2D eigenvalue weighted by molar-refractivity contribution is 5.73. The van der Waals surface area contributed by atoms with Crippen molar-refractivity contribution in [1.29, 1.82) is 0 Å². The topological polar surface area (TPSA) is 81.1 Å². The van der Waals surface area contributed by atoms with Gasteiger partial charge in [0.05, 0.1) is 0 Å². The van der Waals surface area contributed by atoms with Gasteiger partial charge >= 0.3 is 5.97 Å². The number of carbonyl (C=O) groups is 1. The highest BCUT2D eigenvalue weighted by Crippen LogP contribution is 2.01. The molecule has 0 aliphatic heterocycles. The third-order valence-electron chi connectivity index (χ3n) is 1.85. The van der Waals surface area contributed by atoms with Crippen LogP contribution in [0.5, 0.6) is 0 Å². The molecular formula is C8H13N3O2. The molecule has 3 N–H and O–H groups in total. The molecule has 5 nitrogen and oxygen atoms in total. The van der Waals surface area contributed by atoms with Crippen molar-refractivity contribution in [2.24, 2.45) is 5.73 Å². The van der Waals surface area contributed by atoms with Crippen LogP contribution in [0.3, 0.4) is 0 Å². The van der Waals surface area contributed by atoms with Crippen LogP contribution in [0.1, 0.15) is 12.6 Å². The maximum Gasteiger partial charge on any atom is 0.320 e. The lowest BCUT2D eigenvalue weighted by molar-refractivity contribution is -0.138. The number of nitrogens with zero attached hydrogens (tertiary/aromatic N) is 2. The van der Waals surface area contributed by atoms with Gasteiger partial charge in [0.25, 0.3) is 0 Å². The molecule has 13 heavy (non-hydrogen) atoms. The Balaban J connectivity index is 2.68. The number of hydrogen-bond acceptors (Lipinski definition) is 3. The number of carboxylic acids is 1. The molecule has 0 bridgehead atoms. The predicted octanol–water partition coefficient (Wildman–Crippen LogP) is -0.143. The molecule has 0 aliphatic carbocycles. The van der Waals surface area contributed by atoms with Crippen molar-refractivity contribution in [2.45, 2.75) is 25.9 Å². The van der Waals surface area contributed by atoms with E-state index in [1.165, 1.54) is 0 Å². The SMILES string of the molecule is CCn1nccc1C[C@H](N)C(=O)O. The van der Waals surface area contributed by atoms with Crippen LogP contribution in [0.25, 0.3) is 0 Å². The quantitative estimate of drug-likeness (QED) is 0.680. The number of aryl methyl sites for hydroxylation is 1. The molecule has 0 spiro atoms. The summed E-state index contributed by atoms with van der Waals surface area (Å²) in [7, 11) is 0. The molecule has 0 radical (unpaired) electrons. The summed E-state index contributed by atoms with van der Waals surface area (Å²) in [6, 6.07) is 0.939. The molecule has 5 heteroatoms. The Labute approximate surface area is 76.2 Å². The second-order valence-electron chi connectivity index (χ2n) is 2.79. The summed E-state index contributed by atoms with van der Waals surface area (Å²) < 4.78 is 1.74. The van der Waals surface area contributed by atoms with Gasteiger partial charge in [-0.3, -0.25) is 9.48 Å². The minimum Gasteiger partial charge on any atom is -0.480 e. The highest BCUT2D eigenvalue weighted by atomic mass is 16.4. The van der Waals surface area contributed by atoms with Crippen LogP contribution < -0.4 is 5.73 Å².